The summed E-state index contributed by atoms with van der Waals surface area (Å²) in [5, 5.41) is 8.81. The smallest absolute Gasteiger partial charge is 0.328 e. The van der Waals surface area contributed by atoms with Crippen LogP contribution in [0, 0.1) is 13.8 Å². The van der Waals surface area contributed by atoms with Gasteiger partial charge in [-0.2, -0.15) is 0 Å². The Morgan fingerprint density at radius 3 is 2.47 bits per heavy atom. The summed E-state index contributed by atoms with van der Waals surface area (Å²) in [6.45, 7) is 5.02. The second kappa shape index (κ2) is 5.05. The molecule has 0 radical (unpaired) electrons. The molecule has 19 heavy (non-hydrogen) atoms. The van der Waals surface area contributed by atoms with E-state index in [-0.39, 0.29) is 5.41 Å². The monoisotopic (exact) mass is 262 g/mol. The number of hydrogen-bond donors (Lipinski definition) is 1. The molecule has 0 spiro atoms. The molecule has 0 bridgehead atoms. The molecular formula is C15H18O4. The Bertz CT molecular complexity index is 527. The number of carboxylic acids is 1. The zero-order valence-electron chi connectivity index (χ0n) is 11.4. The molecular weight excluding hydrogens is 244 g/mol. The highest BCUT2D eigenvalue weighted by Crippen LogP contribution is 2.40. The summed E-state index contributed by atoms with van der Waals surface area (Å²) in [7, 11) is 1.63. The summed E-state index contributed by atoms with van der Waals surface area (Å²) in [4.78, 5) is 10.7. The predicted molar refractivity (Wildman–Crippen MR) is 71.7 cm³/mol. The summed E-state index contributed by atoms with van der Waals surface area (Å²) in [6.07, 6.45) is 2.88. The molecule has 0 saturated carbocycles. The van der Waals surface area contributed by atoms with Crippen LogP contribution in [0.5, 0.6) is 5.75 Å². The third-order valence-corrected chi connectivity index (χ3v) is 3.62. The molecule has 1 N–H and O–H groups in total. The fraction of sp³-hybridized carbons (Fsp3) is 0.400. The van der Waals surface area contributed by atoms with Crippen molar-refractivity contribution in [2.24, 2.45) is 0 Å². The van der Waals surface area contributed by atoms with Crippen molar-refractivity contribution in [3.05, 3.63) is 41.0 Å². The lowest BCUT2D eigenvalue weighted by molar-refractivity contribution is -0.131. The van der Waals surface area contributed by atoms with E-state index in [1.807, 2.05) is 19.9 Å². The minimum Gasteiger partial charge on any atom is -0.496 e. The van der Waals surface area contributed by atoms with Crippen LogP contribution >= 0.6 is 0 Å². The fourth-order valence-electron chi connectivity index (χ4n) is 2.24. The van der Waals surface area contributed by atoms with E-state index in [9.17, 15) is 4.79 Å². The number of ether oxygens (including phenoxy) is 2. The Kier molecular flexibility index (Phi) is 3.62. The van der Waals surface area contributed by atoms with Gasteiger partial charge in [0.15, 0.2) is 0 Å². The lowest BCUT2D eigenvalue weighted by Gasteiger charge is -2.40. The van der Waals surface area contributed by atoms with Crippen molar-refractivity contribution in [2.75, 3.05) is 20.3 Å². The molecule has 1 aliphatic heterocycles. The Hall–Kier alpha value is -1.81. The van der Waals surface area contributed by atoms with Crippen LogP contribution in [0.3, 0.4) is 0 Å². The fourth-order valence-corrected chi connectivity index (χ4v) is 2.24. The minimum absolute atomic E-state index is 0.387. The quantitative estimate of drug-likeness (QED) is 0.845. The third-order valence-electron chi connectivity index (χ3n) is 3.62. The van der Waals surface area contributed by atoms with Crippen molar-refractivity contribution < 1.29 is 19.4 Å². The number of benzene rings is 1. The zero-order chi connectivity index (χ0) is 14.0. The van der Waals surface area contributed by atoms with Crippen molar-refractivity contribution >= 4 is 5.97 Å². The summed E-state index contributed by atoms with van der Waals surface area (Å²) in [5.41, 5.74) is 2.91. The van der Waals surface area contributed by atoms with Gasteiger partial charge in [0.25, 0.3) is 0 Å². The first kappa shape index (κ1) is 13.6. The van der Waals surface area contributed by atoms with Gasteiger partial charge in [0.2, 0.25) is 0 Å². The predicted octanol–water partition coefficient (Wildman–Crippen LogP) is 2.22. The molecule has 1 saturated heterocycles. The second-order valence-corrected chi connectivity index (χ2v) is 4.96. The molecule has 102 valence electrons. The van der Waals surface area contributed by atoms with Gasteiger partial charge in [0, 0.05) is 11.6 Å². The van der Waals surface area contributed by atoms with Gasteiger partial charge in [-0.15, -0.1) is 0 Å². The molecule has 0 amide bonds. The van der Waals surface area contributed by atoms with Crippen LogP contribution < -0.4 is 4.74 Å². The molecule has 1 aromatic rings. The zero-order valence-corrected chi connectivity index (χ0v) is 11.4. The summed E-state index contributed by atoms with van der Waals surface area (Å²) < 4.78 is 10.7. The van der Waals surface area contributed by atoms with E-state index < -0.39 is 5.97 Å². The number of rotatable bonds is 4. The largest absolute Gasteiger partial charge is 0.496 e. The maximum atomic E-state index is 10.7. The van der Waals surface area contributed by atoms with Crippen LogP contribution in [-0.2, 0) is 14.9 Å². The summed E-state index contributed by atoms with van der Waals surface area (Å²) >= 11 is 0. The highest BCUT2D eigenvalue weighted by Gasteiger charge is 2.40. The van der Waals surface area contributed by atoms with Gasteiger partial charge in [-0.25, -0.2) is 4.79 Å². The first-order valence-electron chi connectivity index (χ1n) is 6.14. The van der Waals surface area contributed by atoms with E-state index in [4.69, 9.17) is 14.6 Å². The van der Waals surface area contributed by atoms with Crippen molar-refractivity contribution in [2.45, 2.75) is 19.3 Å². The molecule has 0 aliphatic carbocycles. The molecule has 1 fully saturated rings. The highest BCUT2D eigenvalue weighted by molar-refractivity contribution is 5.80. The van der Waals surface area contributed by atoms with Crippen molar-refractivity contribution in [1.29, 1.82) is 0 Å². The van der Waals surface area contributed by atoms with E-state index in [1.54, 1.807) is 13.2 Å². The summed E-state index contributed by atoms with van der Waals surface area (Å²) in [6, 6.07) is 4.04. The standard InChI is InChI=1S/C15H18O4/c1-10-6-12(13(18-3)7-11(10)2)15(8-19-9-15)5-4-14(16)17/h4-7H,8-9H2,1-3H3,(H,16,17)/b5-4+. The Morgan fingerprint density at radius 2 is 2.00 bits per heavy atom. The van der Waals surface area contributed by atoms with Gasteiger partial charge in [-0.3, -0.25) is 0 Å². The normalized spacial score (nSPS) is 17.2. The average molecular weight is 262 g/mol. The van der Waals surface area contributed by atoms with Gasteiger partial charge >= 0.3 is 5.97 Å². The van der Waals surface area contributed by atoms with Gasteiger partial charge in [-0.1, -0.05) is 12.1 Å². The summed E-state index contributed by atoms with van der Waals surface area (Å²) in [5.74, 6) is -0.171. The molecule has 0 aromatic heterocycles. The van der Waals surface area contributed by atoms with Crippen LogP contribution in [0.1, 0.15) is 16.7 Å². The first-order valence-corrected chi connectivity index (χ1v) is 6.14. The molecule has 4 nitrogen and oxygen atoms in total. The first-order chi connectivity index (χ1) is 8.98. The molecule has 4 heteroatoms. The van der Waals surface area contributed by atoms with Crippen molar-refractivity contribution in [3.63, 3.8) is 0 Å². The van der Waals surface area contributed by atoms with E-state index >= 15 is 0 Å². The molecule has 0 unspecified atom stereocenters. The molecule has 2 rings (SSSR count). The highest BCUT2D eigenvalue weighted by atomic mass is 16.5. The topological polar surface area (TPSA) is 55.8 Å². The number of aliphatic carboxylic acids is 1. The Labute approximate surface area is 112 Å². The maximum absolute atomic E-state index is 10.7. The van der Waals surface area contributed by atoms with E-state index in [0.717, 1.165) is 22.4 Å². The van der Waals surface area contributed by atoms with Crippen LogP contribution in [0.15, 0.2) is 24.3 Å². The molecule has 1 aliphatic rings. The molecule has 1 heterocycles. The number of carboxylic acid groups (broad SMARTS) is 1. The molecule has 0 atom stereocenters. The number of aryl methyl sites for hydroxylation is 2. The lowest BCUT2D eigenvalue weighted by Crippen LogP contribution is -2.45. The average Bonchev–Trinajstić information content (AvgIpc) is 2.31. The van der Waals surface area contributed by atoms with Gasteiger partial charge < -0.3 is 14.6 Å². The lowest BCUT2D eigenvalue weighted by atomic mass is 9.77. The second-order valence-electron chi connectivity index (χ2n) is 4.96. The number of carbonyl (C=O) groups is 1. The SMILES string of the molecule is COc1cc(C)c(C)cc1C1(/C=C/C(=O)O)COC1. The Balaban J connectivity index is 2.49. The van der Waals surface area contributed by atoms with Crippen LogP contribution in [0.25, 0.3) is 0 Å². The number of methoxy groups -OCH3 is 1. The van der Waals surface area contributed by atoms with Gasteiger partial charge in [0.1, 0.15) is 5.75 Å². The van der Waals surface area contributed by atoms with Crippen LogP contribution in [-0.4, -0.2) is 31.4 Å². The third kappa shape index (κ3) is 2.49. The number of hydrogen-bond acceptors (Lipinski definition) is 3. The maximum Gasteiger partial charge on any atom is 0.328 e. The van der Waals surface area contributed by atoms with Crippen LogP contribution in [0.2, 0.25) is 0 Å². The molecule has 1 aromatic carbocycles. The van der Waals surface area contributed by atoms with E-state index in [0.29, 0.717) is 13.2 Å². The van der Waals surface area contributed by atoms with E-state index in [1.165, 1.54) is 6.08 Å². The van der Waals surface area contributed by atoms with Crippen LogP contribution in [0.4, 0.5) is 0 Å². The van der Waals surface area contributed by atoms with Gasteiger partial charge in [0.05, 0.1) is 25.7 Å². The minimum atomic E-state index is -0.950. The van der Waals surface area contributed by atoms with Crippen molar-refractivity contribution in [3.8, 4) is 5.75 Å². The van der Waals surface area contributed by atoms with Gasteiger partial charge in [-0.05, 0) is 31.0 Å². The van der Waals surface area contributed by atoms with E-state index in [2.05, 4.69) is 6.07 Å². The van der Waals surface area contributed by atoms with Crippen molar-refractivity contribution in [1.82, 2.24) is 0 Å². The Morgan fingerprint density at radius 1 is 1.37 bits per heavy atom.